The lowest BCUT2D eigenvalue weighted by Crippen LogP contribution is -2.59. The Labute approximate surface area is 100.0 Å². The fourth-order valence-electron chi connectivity index (χ4n) is 0.853. The summed E-state index contributed by atoms with van der Waals surface area (Å²) in [5, 5.41) is 2.00. The molecule has 0 radical (unpaired) electrons. The molecule has 0 saturated carbocycles. The summed E-state index contributed by atoms with van der Waals surface area (Å²) in [7, 11) is 0. The highest BCUT2D eigenvalue weighted by atomic mass is 35.5. The molecule has 0 aliphatic heterocycles. The van der Waals surface area contributed by atoms with Gasteiger partial charge in [-0.2, -0.15) is 13.2 Å². The molecule has 3 N–H and O–H groups in total. The summed E-state index contributed by atoms with van der Waals surface area (Å²) in [4.78, 5) is 15.0. The van der Waals surface area contributed by atoms with E-state index in [0.717, 1.165) is 0 Å². The molecular weight excluding hydrogens is 259 g/mol. The standard InChI is InChI=1S/C9H9ClF3N3O/c1-8(14,9(11,12)13)7(17)16-6-4-2-3-5(10)15-6/h2-4H,14H2,1H3,(H,15,16,17). The van der Waals surface area contributed by atoms with Crippen LogP contribution in [-0.2, 0) is 4.79 Å². The van der Waals surface area contributed by atoms with Crippen molar-refractivity contribution in [3.63, 3.8) is 0 Å². The van der Waals surface area contributed by atoms with E-state index in [9.17, 15) is 18.0 Å². The lowest BCUT2D eigenvalue weighted by Gasteiger charge is -2.25. The predicted molar refractivity (Wildman–Crippen MR) is 56.5 cm³/mol. The SMILES string of the molecule is CC(N)(C(=O)Nc1cccc(Cl)n1)C(F)(F)F. The maximum atomic E-state index is 12.4. The van der Waals surface area contributed by atoms with Gasteiger partial charge in [-0.25, -0.2) is 4.98 Å². The number of nitrogens with one attached hydrogen (secondary N) is 1. The first-order valence-electron chi connectivity index (χ1n) is 4.44. The molecule has 0 bridgehead atoms. The number of rotatable bonds is 2. The van der Waals surface area contributed by atoms with Crippen molar-refractivity contribution in [1.29, 1.82) is 0 Å². The molecule has 4 nitrogen and oxygen atoms in total. The highest BCUT2D eigenvalue weighted by Gasteiger charge is 2.54. The van der Waals surface area contributed by atoms with E-state index in [0.29, 0.717) is 6.92 Å². The molecule has 0 fully saturated rings. The minimum atomic E-state index is -4.85. The number of hydrogen-bond donors (Lipinski definition) is 2. The first kappa shape index (κ1) is 13.7. The first-order chi connectivity index (χ1) is 7.64. The quantitative estimate of drug-likeness (QED) is 0.805. The summed E-state index contributed by atoms with van der Waals surface area (Å²) in [6.45, 7) is 0.576. The van der Waals surface area contributed by atoms with Crippen molar-refractivity contribution < 1.29 is 18.0 Å². The van der Waals surface area contributed by atoms with Crippen molar-refractivity contribution >= 4 is 23.3 Å². The lowest BCUT2D eigenvalue weighted by molar-refractivity contribution is -0.184. The zero-order valence-corrected chi connectivity index (χ0v) is 9.43. The number of halogens is 4. The molecule has 1 heterocycles. The fraction of sp³-hybridized carbons (Fsp3) is 0.333. The number of aromatic nitrogens is 1. The summed E-state index contributed by atoms with van der Waals surface area (Å²) in [5.41, 5.74) is 1.94. The molecule has 1 amide bonds. The number of amides is 1. The van der Waals surface area contributed by atoms with Crippen LogP contribution in [0.1, 0.15) is 6.92 Å². The number of hydrogen-bond acceptors (Lipinski definition) is 3. The zero-order valence-electron chi connectivity index (χ0n) is 8.68. The van der Waals surface area contributed by atoms with Gasteiger partial charge in [0.2, 0.25) is 0 Å². The Hall–Kier alpha value is -1.34. The minimum Gasteiger partial charge on any atom is -0.310 e. The molecule has 1 atom stereocenters. The molecule has 1 aromatic rings. The molecule has 1 unspecified atom stereocenters. The molecule has 94 valence electrons. The molecular formula is C9H9ClF3N3O. The van der Waals surface area contributed by atoms with E-state index < -0.39 is 17.6 Å². The van der Waals surface area contributed by atoms with Gasteiger partial charge in [-0.3, -0.25) is 4.79 Å². The van der Waals surface area contributed by atoms with Crippen LogP contribution in [0.5, 0.6) is 0 Å². The Balaban J connectivity index is 2.87. The van der Waals surface area contributed by atoms with Crippen LogP contribution >= 0.6 is 11.6 Å². The molecule has 0 aromatic carbocycles. The van der Waals surface area contributed by atoms with Gasteiger partial charge >= 0.3 is 6.18 Å². The second-order valence-corrected chi connectivity index (χ2v) is 3.89. The first-order valence-corrected chi connectivity index (χ1v) is 4.82. The lowest BCUT2D eigenvalue weighted by atomic mass is 10.0. The normalized spacial score (nSPS) is 15.2. The Bertz CT molecular complexity index is 434. The molecule has 0 aliphatic rings. The van der Waals surface area contributed by atoms with Gasteiger partial charge in [0, 0.05) is 0 Å². The maximum Gasteiger partial charge on any atom is 0.415 e. The third-order valence-electron chi connectivity index (χ3n) is 2.02. The molecule has 0 aliphatic carbocycles. The third kappa shape index (κ3) is 3.07. The third-order valence-corrected chi connectivity index (χ3v) is 2.23. The average Bonchev–Trinajstić information content (AvgIpc) is 2.15. The Morgan fingerprint density at radius 3 is 2.53 bits per heavy atom. The summed E-state index contributed by atoms with van der Waals surface area (Å²) in [6, 6.07) is 4.16. The van der Waals surface area contributed by atoms with Gasteiger partial charge in [-0.05, 0) is 19.1 Å². The number of carbonyl (C=O) groups is 1. The van der Waals surface area contributed by atoms with Gasteiger partial charge in [0.25, 0.3) is 5.91 Å². The zero-order chi connectivity index (χ0) is 13.3. The van der Waals surface area contributed by atoms with Crippen molar-refractivity contribution in [2.24, 2.45) is 5.73 Å². The second kappa shape index (κ2) is 4.50. The van der Waals surface area contributed by atoms with Crippen LogP contribution in [0.3, 0.4) is 0 Å². The summed E-state index contributed by atoms with van der Waals surface area (Å²) < 4.78 is 37.3. The van der Waals surface area contributed by atoms with Crippen molar-refractivity contribution in [2.45, 2.75) is 18.6 Å². The van der Waals surface area contributed by atoms with Gasteiger partial charge < -0.3 is 11.1 Å². The average molecular weight is 268 g/mol. The predicted octanol–water partition coefficient (Wildman–Crippen LogP) is 1.95. The van der Waals surface area contributed by atoms with Crippen LogP contribution in [-0.4, -0.2) is 22.6 Å². The summed E-state index contributed by atoms with van der Waals surface area (Å²) >= 11 is 5.52. The van der Waals surface area contributed by atoms with E-state index in [1.807, 2.05) is 5.32 Å². The van der Waals surface area contributed by atoms with E-state index in [1.54, 1.807) is 0 Å². The Kier molecular flexibility index (Phi) is 3.63. The van der Waals surface area contributed by atoms with Crippen LogP contribution in [0.25, 0.3) is 0 Å². The van der Waals surface area contributed by atoms with E-state index in [4.69, 9.17) is 17.3 Å². The van der Waals surface area contributed by atoms with Crippen molar-refractivity contribution in [3.8, 4) is 0 Å². The smallest absolute Gasteiger partial charge is 0.310 e. The summed E-state index contributed by atoms with van der Waals surface area (Å²) in [5.74, 6) is -1.50. The van der Waals surface area contributed by atoms with Gasteiger partial charge in [0.1, 0.15) is 11.0 Å². The van der Waals surface area contributed by atoms with Crippen molar-refractivity contribution in [3.05, 3.63) is 23.4 Å². The number of carbonyl (C=O) groups excluding carboxylic acids is 1. The van der Waals surface area contributed by atoms with Crippen LogP contribution < -0.4 is 11.1 Å². The second-order valence-electron chi connectivity index (χ2n) is 3.50. The highest BCUT2D eigenvalue weighted by Crippen LogP contribution is 2.28. The Morgan fingerprint density at radius 2 is 2.06 bits per heavy atom. The number of anilines is 1. The van der Waals surface area contributed by atoms with E-state index >= 15 is 0 Å². The molecule has 17 heavy (non-hydrogen) atoms. The van der Waals surface area contributed by atoms with Gasteiger partial charge in [-0.15, -0.1) is 0 Å². The molecule has 0 spiro atoms. The molecule has 8 heteroatoms. The van der Waals surface area contributed by atoms with Crippen LogP contribution in [0.2, 0.25) is 5.15 Å². The van der Waals surface area contributed by atoms with Gasteiger partial charge in [-0.1, -0.05) is 17.7 Å². The number of pyridine rings is 1. The van der Waals surface area contributed by atoms with Crippen molar-refractivity contribution in [2.75, 3.05) is 5.32 Å². The van der Waals surface area contributed by atoms with Crippen LogP contribution in [0, 0.1) is 0 Å². The number of alkyl halides is 3. The topological polar surface area (TPSA) is 68.0 Å². The number of nitrogens with two attached hydrogens (primary N) is 1. The molecule has 1 rings (SSSR count). The minimum absolute atomic E-state index is 0.0496. The molecule has 0 saturated heterocycles. The highest BCUT2D eigenvalue weighted by molar-refractivity contribution is 6.29. The van der Waals surface area contributed by atoms with Gasteiger partial charge in [0.05, 0.1) is 0 Å². The van der Waals surface area contributed by atoms with Crippen LogP contribution in [0.15, 0.2) is 18.2 Å². The van der Waals surface area contributed by atoms with Crippen LogP contribution in [0.4, 0.5) is 19.0 Å². The van der Waals surface area contributed by atoms with E-state index in [1.165, 1.54) is 18.2 Å². The number of nitrogens with zero attached hydrogens (tertiary/aromatic N) is 1. The Morgan fingerprint density at radius 1 is 1.47 bits per heavy atom. The van der Waals surface area contributed by atoms with Crippen molar-refractivity contribution in [1.82, 2.24) is 4.98 Å². The largest absolute Gasteiger partial charge is 0.415 e. The van der Waals surface area contributed by atoms with E-state index in [-0.39, 0.29) is 11.0 Å². The summed E-state index contributed by atoms with van der Waals surface area (Å²) in [6.07, 6.45) is -4.85. The van der Waals surface area contributed by atoms with E-state index in [2.05, 4.69) is 4.98 Å². The fourth-order valence-corrected chi connectivity index (χ4v) is 1.02. The molecule has 1 aromatic heterocycles. The maximum absolute atomic E-state index is 12.4. The van der Waals surface area contributed by atoms with Gasteiger partial charge in [0.15, 0.2) is 5.54 Å². The monoisotopic (exact) mass is 267 g/mol.